The van der Waals surface area contributed by atoms with Crippen LogP contribution in [0.3, 0.4) is 0 Å². The summed E-state index contributed by atoms with van der Waals surface area (Å²) in [6.45, 7) is 3.75. The predicted octanol–water partition coefficient (Wildman–Crippen LogP) is 3.57. The molecule has 0 unspecified atom stereocenters. The van der Waals surface area contributed by atoms with E-state index in [1.54, 1.807) is 4.68 Å². The fourth-order valence-corrected chi connectivity index (χ4v) is 2.30. The second-order valence-electron chi connectivity index (χ2n) is 4.14. The third-order valence-electron chi connectivity index (χ3n) is 3.03. The summed E-state index contributed by atoms with van der Waals surface area (Å²) in [7, 11) is 0. The standard InChI is InChI=1S/C13H13ClF2N2/c1-8-10(6-14)9(2)18(17-8)7-11-12(15)4-3-5-13(11)16/h3-5H,6-7H2,1-2H3. The summed E-state index contributed by atoms with van der Waals surface area (Å²) in [5, 5.41) is 4.26. The summed E-state index contributed by atoms with van der Waals surface area (Å²) < 4.78 is 28.7. The lowest BCUT2D eigenvalue weighted by Crippen LogP contribution is -2.08. The van der Waals surface area contributed by atoms with Gasteiger partial charge in [-0.3, -0.25) is 4.68 Å². The van der Waals surface area contributed by atoms with Crippen LogP contribution >= 0.6 is 11.6 Å². The van der Waals surface area contributed by atoms with E-state index < -0.39 is 11.6 Å². The average molecular weight is 271 g/mol. The van der Waals surface area contributed by atoms with Crippen LogP contribution in [0.15, 0.2) is 18.2 Å². The lowest BCUT2D eigenvalue weighted by atomic mass is 10.2. The number of halogens is 3. The lowest BCUT2D eigenvalue weighted by Gasteiger charge is -2.07. The van der Waals surface area contributed by atoms with Crippen LogP contribution < -0.4 is 0 Å². The van der Waals surface area contributed by atoms with Gasteiger partial charge in [-0.15, -0.1) is 11.6 Å². The summed E-state index contributed by atoms with van der Waals surface area (Å²) in [5.41, 5.74) is 2.56. The Hall–Kier alpha value is -1.42. The SMILES string of the molecule is Cc1nn(Cc2c(F)cccc2F)c(C)c1CCl. The second kappa shape index (κ2) is 5.06. The number of aryl methyl sites for hydroxylation is 1. The molecule has 0 saturated carbocycles. The third kappa shape index (κ3) is 2.25. The third-order valence-corrected chi connectivity index (χ3v) is 3.30. The average Bonchev–Trinajstić information content (AvgIpc) is 2.59. The van der Waals surface area contributed by atoms with Crippen LogP contribution in [0.2, 0.25) is 0 Å². The number of aromatic nitrogens is 2. The quantitative estimate of drug-likeness (QED) is 0.780. The van der Waals surface area contributed by atoms with Gasteiger partial charge in [0.25, 0.3) is 0 Å². The second-order valence-corrected chi connectivity index (χ2v) is 4.41. The van der Waals surface area contributed by atoms with E-state index in [2.05, 4.69) is 5.10 Å². The predicted molar refractivity (Wildman–Crippen MR) is 66.7 cm³/mol. The minimum absolute atomic E-state index is 0.0178. The Kier molecular flexibility index (Phi) is 3.66. The van der Waals surface area contributed by atoms with Crippen LogP contribution in [-0.2, 0) is 12.4 Å². The molecule has 0 aliphatic carbocycles. The highest BCUT2D eigenvalue weighted by atomic mass is 35.5. The summed E-state index contributed by atoms with van der Waals surface area (Å²) in [5.74, 6) is -0.776. The molecular formula is C13H13ClF2N2. The van der Waals surface area contributed by atoms with Gasteiger partial charge >= 0.3 is 0 Å². The summed E-state index contributed by atoms with van der Waals surface area (Å²) >= 11 is 5.81. The van der Waals surface area contributed by atoms with Gasteiger partial charge < -0.3 is 0 Å². The number of alkyl halides is 1. The largest absolute Gasteiger partial charge is 0.265 e. The first-order chi connectivity index (χ1) is 8.54. The van der Waals surface area contributed by atoms with Gasteiger partial charge in [0, 0.05) is 16.8 Å². The molecule has 96 valence electrons. The van der Waals surface area contributed by atoms with Gasteiger partial charge in [0.15, 0.2) is 0 Å². The zero-order chi connectivity index (χ0) is 13.3. The molecule has 0 fully saturated rings. The van der Waals surface area contributed by atoms with E-state index in [9.17, 15) is 8.78 Å². The van der Waals surface area contributed by atoms with Crippen molar-refractivity contribution in [3.8, 4) is 0 Å². The van der Waals surface area contributed by atoms with Crippen molar-refractivity contribution in [2.45, 2.75) is 26.3 Å². The van der Waals surface area contributed by atoms with E-state index in [-0.39, 0.29) is 12.1 Å². The van der Waals surface area contributed by atoms with Crippen molar-refractivity contribution >= 4 is 11.6 Å². The van der Waals surface area contributed by atoms with Crippen LogP contribution in [-0.4, -0.2) is 9.78 Å². The summed E-state index contributed by atoms with van der Waals surface area (Å²) in [4.78, 5) is 0. The highest BCUT2D eigenvalue weighted by Crippen LogP contribution is 2.19. The molecule has 0 radical (unpaired) electrons. The van der Waals surface area contributed by atoms with Gasteiger partial charge in [0.1, 0.15) is 11.6 Å². The molecule has 0 bridgehead atoms. The Bertz CT molecular complexity index is 558. The monoisotopic (exact) mass is 270 g/mol. The van der Waals surface area contributed by atoms with Crippen molar-refractivity contribution in [1.82, 2.24) is 9.78 Å². The lowest BCUT2D eigenvalue weighted by molar-refractivity contribution is 0.528. The van der Waals surface area contributed by atoms with Crippen molar-refractivity contribution in [3.05, 3.63) is 52.3 Å². The fourth-order valence-electron chi connectivity index (χ4n) is 1.91. The van der Waals surface area contributed by atoms with E-state index in [1.165, 1.54) is 18.2 Å². The van der Waals surface area contributed by atoms with Gasteiger partial charge in [-0.25, -0.2) is 8.78 Å². The van der Waals surface area contributed by atoms with Crippen LogP contribution in [0.1, 0.15) is 22.5 Å². The van der Waals surface area contributed by atoms with Crippen LogP contribution in [0.25, 0.3) is 0 Å². The number of hydrogen-bond donors (Lipinski definition) is 0. The molecule has 0 atom stereocenters. The molecule has 0 aliphatic heterocycles. The number of hydrogen-bond acceptors (Lipinski definition) is 1. The molecule has 1 aromatic carbocycles. The van der Waals surface area contributed by atoms with Gasteiger partial charge in [-0.1, -0.05) is 6.07 Å². The summed E-state index contributed by atoms with van der Waals surface area (Å²) in [6.07, 6.45) is 0. The first-order valence-corrected chi connectivity index (χ1v) is 6.09. The smallest absolute Gasteiger partial charge is 0.131 e. The molecule has 0 spiro atoms. The van der Waals surface area contributed by atoms with E-state index >= 15 is 0 Å². The first kappa shape index (κ1) is 13.0. The number of rotatable bonds is 3. The van der Waals surface area contributed by atoms with Crippen LogP contribution in [0.4, 0.5) is 8.78 Å². The maximum absolute atomic E-state index is 13.5. The maximum atomic E-state index is 13.5. The zero-order valence-electron chi connectivity index (χ0n) is 10.2. The van der Waals surface area contributed by atoms with Crippen LogP contribution in [0, 0.1) is 25.5 Å². The molecule has 0 N–H and O–H groups in total. The number of nitrogens with zero attached hydrogens (tertiary/aromatic N) is 2. The van der Waals surface area contributed by atoms with Crippen molar-refractivity contribution in [2.24, 2.45) is 0 Å². The highest BCUT2D eigenvalue weighted by Gasteiger charge is 2.14. The number of benzene rings is 1. The van der Waals surface area contributed by atoms with Gasteiger partial charge in [-0.05, 0) is 26.0 Å². The molecule has 5 heteroatoms. The molecule has 0 amide bonds. The van der Waals surface area contributed by atoms with E-state index in [0.717, 1.165) is 17.0 Å². The van der Waals surface area contributed by atoms with Crippen molar-refractivity contribution < 1.29 is 8.78 Å². The topological polar surface area (TPSA) is 17.8 Å². The molecule has 1 aromatic heterocycles. The van der Waals surface area contributed by atoms with Crippen LogP contribution in [0.5, 0.6) is 0 Å². The van der Waals surface area contributed by atoms with Gasteiger partial charge in [0.2, 0.25) is 0 Å². The Labute approximate surface area is 109 Å². The normalized spacial score (nSPS) is 10.9. The Morgan fingerprint density at radius 3 is 2.28 bits per heavy atom. The van der Waals surface area contributed by atoms with Gasteiger partial charge in [-0.2, -0.15) is 5.10 Å². The molecule has 2 aromatic rings. The molecule has 0 saturated heterocycles. The molecule has 1 heterocycles. The molecule has 2 nitrogen and oxygen atoms in total. The Morgan fingerprint density at radius 2 is 1.78 bits per heavy atom. The minimum Gasteiger partial charge on any atom is -0.265 e. The molecule has 0 aliphatic rings. The molecule has 2 rings (SSSR count). The first-order valence-electron chi connectivity index (χ1n) is 5.56. The fraction of sp³-hybridized carbons (Fsp3) is 0.308. The highest BCUT2D eigenvalue weighted by molar-refractivity contribution is 6.17. The maximum Gasteiger partial charge on any atom is 0.131 e. The van der Waals surface area contributed by atoms with Crippen molar-refractivity contribution in [1.29, 1.82) is 0 Å². The Balaban J connectivity index is 2.41. The Morgan fingerprint density at radius 1 is 1.17 bits per heavy atom. The van der Waals surface area contributed by atoms with E-state index in [0.29, 0.717) is 5.88 Å². The van der Waals surface area contributed by atoms with E-state index in [1.807, 2.05) is 13.8 Å². The molecular weight excluding hydrogens is 258 g/mol. The molecule has 18 heavy (non-hydrogen) atoms. The van der Waals surface area contributed by atoms with Crippen molar-refractivity contribution in [3.63, 3.8) is 0 Å². The minimum atomic E-state index is -0.560. The summed E-state index contributed by atoms with van der Waals surface area (Å²) in [6, 6.07) is 3.83. The van der Waals surface area contributed by atoms with Gasteiger partial charge in [0.05, 0.1) is 18.1 Å². The van der Waals surface area contributed by atoms with Crippen molar-refractivity contribution in [2.75, 3.05) is 0 Å². The van der Waals surface area contributed by atoms with E-state index in [4.69, 9.17) is 11.6 Å². The zero-order valence-corrected chi connectivity index (χ0v) is 10.9.